The third kappa shape index (κ3) is 3.82. The zero-order valence-corrected chi connectivity index (χ0v) is 14.5. The number of para-hydroxylation sites is 1. The quantitative estimate of drug-likeness (QED) is 0.881. The molecule has 1 aliphatic carbocycles. The lowest BCUT2D eigenvalue weighted by molar-refractivity contribution is 0.0726. The molecule has 25 heavy (non-hydrogen) atoms. The lowest BCUT2D eigenvalue weighted by Crippen LogP contribution is -2.32. The summed E-state index contributed by atoms with van der Waals surface area (Å²) in [7, 11) is 3.18. The third-order valence-corrected chi connectivity index (χ3v) is 4.38. The summed E-state index contributed by atoms with van der Waals surface area (Å²) >= 11 is 0. The van der Waals surface area contributed by atoms with Gasteiger partial charge in [-0.2, -0.15) is 0 Å². The van der Waals surface area contributed by atoms with Crippen LogP contribution in [0.25, 0.3) is 0 Å². The summed E-state index contributed by atoms with van der Waals surface area (Å²) in [6.07, 6.45) is 2.05. The average molecular weight is 338 g/mol. The summed E-state index contributed by atoms with van der Waals surface area (Å²) in [4.78, 5) is 26.5. The molecule has 1 N–H and O–H groups in total. The van der Waals surface area contributed by atoms with Gasteiger partial charge in [-0.15, -0.1) is 0 Å². The molecular weight excluding hydrogens is 316 g/mol. The van der Waals surface area contributed by atoms with Gasteiger partial charge in [-0.1, -0.05) is 24.3 Å². The number of nitrogens with one attached hydrogen (secondary N) is 1. The van der Waals surface area contributed by atoms with Crippen LogP contribution in [0.4, 0.5) is 0 Å². The lowest BCUT2D eigenvalue weighted by atomic mass is 10.1. The molecule has 1 aliphatic rings. The van der Waals surface area contributed by atoms with Gasteiger partial charge in [-0.25, -0.2) is 0 Å². The van der Waals surface area contributed by atoms with Crippen LogP contribution in [-0.4, -0.2) is 36.9 Å². The number of hydrogen-bond acceptors (Lipinski definition) is 3. The SMILES string of the molecule is CNC(=O)c1ccc(CN(C(=O)c2ccccc2OC)C2CC2)cc1. The van der Waals surface area contributed by atoms with E-state index >= 15 is 0 Å². The van der Waals surface area contributed by atoms with Crippen LogP contribution in [-0.2, 0) is 6.54 Å². The van der Waals surface area contributed by atoms with E-state index in [0.717, 1.165) is 18.4 Å². The molecule has 5 heteroatoms. The zero-order chi connectivity index (χ0) is 17.8. The predicted octanol–water partition coefficient (Wildman–Crippen LogP) is 2.86. The van der Waals surface area contributed by atoms with Gasteiger partial charge in [0.25, 0.3) is 11.8 Å². The van der Waals surface area contributed by atoms with E-state index in [1.54, 1.807) is 38.4 Å². The minimum absolute atomic E-state index is 0.0182. The van der Waals surface area contributed by atoms with Gasteiger partial charge in [0.1, 0.15) is 5.75 Å². The number of benzene rings is 2. The molecule has 0 aromatic heterocycles. The number of carbonyl (C=O) groups excluding carboxylic acids is 2. The lowest BCUT2D eigenvalue weighted by Gasteiger charge is -2.23. The summed E-state index contributed by atoms with van der Waals surface area (Å²) in [5, 5.41) is 2.60. The van der Waals surface area contributed by atoms with E-state index in [9.17, 15) is 9.59 Å². The molecule has 0 bridgehead atoms. The van der Waals surface area contributed by atoms with Crippen molar-refractivity contribution in [2.24, 2.45) is 0 Å². The van der Waals surface area contributed by atoms with Gasteiger partial charge in [-0.3, -0.25) is 9.59 Å². The molecular formula is C20H22N2O3. The van der Waals surface area contributed by atoms with Gasteiger partial charge in [0.2, 0.25) is 0 Å². The largest absolute Gasteiger partial charge is 0.496 e. The Hall–Kier alpha value is -2.82. The molecule has 0 atom stereocenters. The van der Waals surface area contributed by atoms with Crippen molar-refractivity contribution in [2.45, 2.75) is 25.4 Å². The summed E-state index contributed by atoms with van der Waals surface area (Å²) in [5.74, 6) is 0.458. The molecule has 0 aliphatic heterocycles. The number of carbonyl (C=O) groups is 2. The highest BCUT2D eigenvalue weighted by atomic mass is 16.5. The normalized spacial score (nSPS) is 13.2. The van der Waals surface area contributed by atoms with Gasteiger partial charge >= 0.3 is 0 Å². The van der Waals surface area contributed by atoms with E-state index in [0.29, 0.717) is 23.4 Å². The van der Waals surface area contributed by atoms with Crippen LogP contribution in [0.1, 0.15) is 39.1 Å². The topological polar surface area (TPSA) is 58.6 Å². The van der Waals surface area contributed by atoms with E-state index < -0.39 is 0 Å². The zero-order valence-electron chi connectivity index (χ0n) is 14.5. The molecule has 2 aromatic carbocycles. The number of amides is 2. The smallest absolute Gasteiger partial charge is 0.258 e. The van der Waals surface area contributed by atoms with Crippen LogP contribution in [0.5, 0.6) is 5.75 Å². The summed E-state index contributed by atoms with van der Waals surface area (Å²) in [6.45, 7) is 0.523. The standard InChI is InChI=1S/C20H22N2O3/c1-21-19(23)15-9-7-14(8-10-15)13-22(16-11-12-16)20(24)17-5-3-4-6-18(17)25-2/h3-10,16H,11-13H2,1-2H3,(H,21,23). The predicted molar refractivity (Wildman–Crippen MR) is 95.7 cm³/mol. The molecule has 0 heterocycles. The van der Waals surface area contributed by atoms with E-state index in [1.807, 2.05) is 29.2 Å². The number of rotatable bonds is 6. The maximum Gasteiger partial charge on any atom is 0.258 e. The molecule has 2 amide bonds. The fraction of sp³-hybridized carbons (Fsp3) is 0.300. The third-order valence-electron chi connectivity index (χ3n) is 4.38. The number of hydrogen-bond donors (Lipinski definition) is 1. The Morgan fingerprint density at radius 1 is 1.12 bits per heavy atom. The first kappa shape index (κ1) is 17.0. The van der Waals surface area contributed by atoms with Gasteiger partial charge < -0.3 is 15.0 Å². The monoisotopic (exact) mass is 338 g/mol. The van der Waals surface area contributed by atoms with Crippen molar-refractivity contribution >= 4 is 11.8 Å². The fourth-order valence-electron chi connectivity index (χ4n) is 2.83. The van der Waals surface area contributed by atoms with E-state index in [2.05, 4.69) is 5.32 Å². The van der Waals surface area contributed by atoms with Crippen LogP contribution < -0.4 is 10.1 Å². The van der Waals surface area contributed by atoms with Crippen molar-refractivity contribution < 1.29 is 14.3 Å². The van der Waals surface area contributed by atoms with Crippen LogP contribution in [0.3, 0.4) is 0 Å². The molecule has 130 valence electrons. The molecule has 0 unspecified atom stereocenters. The van der Waals surface area contributed by atoms with E-state index in [-0.39, 0.29) is 17.9 Å². The highest BCUT2D eigenvalue weighted by Crippen LogP contribution is 2.31. The first-order valence-corrected chi connectivity index (χ1v) is 8.39. The Morgan fingerprint density at radius 3 is 2.40 bits per heavy atom. The first-order chi connectivity index (χ1) is 12.1. The maximum absolute atomic E-state index is 13.0. The number of nitrogens with zero attached hydrogens (tertiary/aromatic N) is 1. The van der Waals surface area contributed by atoms with Gasteiger partial charge in [0.15, 0.2) is 0 Å². The first-order valence-electron chi connectivity index (χ1n) is 8.39. The highest BCUT2D eigenvalue weighted by Gasteiger charge is 2.34. The van der Waals surface area contributed by atoms with Crippen LogP contribution in [0, 0.1) is 0 Å². The molecule has 0 radical (unpaired) electrons. The van der Waals surface area contributed by atoms with Gasteiger partial charge in [-0.05, 0) is 42.7 Å². The van der Waals surface area contributed by atoms with Gasteiger partial charge in [0, 0.05) is 25.2 Å². The van der Waals surface area contributed by atoms with Crippen molar-refractivity contribution in [2.75, 3.05) is 14.2 Å². The maximum atomic E-state index is 13.0. The van der Waals surface area contributed by atoms with Gasteiger partial charge in [0.05, 0.1) is 12.7 Å². The molecule has 1 fully saturated rings. The van der Waals surface area contributed by atoms with Crippen molar-refractivity contribution in [3.8, 4) is 5.75 Å². The number of methoxy groups -OCH3 is 1. The summed E-state index contributed by atoms with van der Waals surface area (Å²) < 4.78 is 5.33. The Morgan fingerprint density at radius 2 is 1.80 bits per heavy atom. The van der Waals surface area contributed by atoms with E-state index in [4.69, 9.17) is 4.74 Å². The minimum Gasteiger partial charge on any atom is -0.496 e. The number of ether oxygens (including phenoxy) is 1. The fourth-order valence-corrected chi connectivity index (χ4v) is 2.83. The average Bonchev–Trinajstić information content (AvgIpc) is 3.50. The summed E-state index contributed by atoms with van der Waals surface area (Å²) in [5.41, 5.74) is 2.20. The molecule has 1 saturated carbocycles. The van der Waals surface area contributed by atoms with Crippen molar-refractivity contribution in [1.82, 2.24) is 10.2 Å². The molecule has 3 rings (SSSR count). The van der Waals surface area contributed by atoms with Crippen LogP contribution in [0.2, 0.25) is 0 Å². The molecule has 5 nitrogen and oxygen atoms in total. The molecule has 0 saturated heterocycles. The second-order valence-corrected chi connectivity index (χ2v) is 6.14. The summed E-state index contributed by atoms with van der Waals surface area (Å²) in [6, 6.07) is 14.9. The second-order valence-electron chi connectivity index (χ2n) is 6.14. The van der Waals surface area contributed by atoms with Crippen molar-refractivity contribution in [3.05, 3.63) is 65.2 Å². The van der Waals surface area contributed by atoms with Crippen LogP contribution >= 0.6 is 0 Å². The Bertz CT molecular complexity index is 767. The highest BCUT2D eigenvalue weighted by molar-refractivity contribution is 5.97. The Kier molecular flexibility index (Phi) is 5.03. The second kappa shape index (κ2) is 7.38. The van der Waals surface area contributed by atoms with Crippen molar-refractivity contribution in [3.63, 3.8) is 0 Å². The Labute approximate surface area is 147 Å². The Balaban J connectivity index is 1.80. The van der Waals surface area contributed by atoms with Crippen LogP contribution in [0.15, 0.2) is 48.5 Å². The minimum atomic E-state index is -0.115. The van der Waals surface area contributed by atoms with E-state index in [1.165, 1.54) is 0 Å². The molecule has 0 spiro atoms. The molecule has 2 aromatic rings. The van der Waals surface area contributed by atoms with Crippen molar-refractivity contribution in [1.29, 1.82) is 0 Å².